The molecular weight excluding hydrogens is 392 g/mol. The van der Waals surface area contributed by atoms with E-state index in [1.54, 1.807) is 0 Å². The zero-order valence-electron chi connectivity index (χ0n) is 21.8. The number of carbonyl (C=O) groups is 2. The second kappa shape index (κ2) is 6.60. The van der Waals surface area contributed by atoms with E-state index in [2.05, 4.69) is 55.0 Å². The van der Waals surface area contributed by atoms with Crippen LogP contribution < -0.4 is 0 Å². The van der Waals surface area contributed by atoms with Crippen LogP contribution in [0.2, 0.25) is 0 Å². The second-order valence-electron chi connectivity index (χ2n) is 14.4. The monoisotopic (exact) mass is 438 g/mol. The van der Waals surface area contributed by atoms with E-state index in [0.29, 0.717) is 17.3 Å². The van der Waals surface area contributed by atoms with E-state index in [1.807, 2.05) is 0 Å². The maximum atomic E-state index is 13.7. The summed E-state index contributed by atoms with van der Waals surface area (Å²) in [6, 6.07) is 0. The van der Waals surface area contributed by atoms with Crippen LogP contribution >= 0.6 is 0 Å². The maximum absolute atomic E-state index is 13.7. The van der Waals surface area contributed by atoms with Crippen molar-refractivity contribution in [3.05, 3.63) is 12.2 Å². The van der Waals surface area contributed by atoms with Crippen molar-refractivity contribution in [1.82, 2.24) is 0 Å². The molecule has 0 aromatic carbocycles. The molecule has 0 heterocycles. The molecule has 0 N–H and O–H groups in total. The summed E-state index contributed by atoms with van der Waals surface area (Å²) >= 11 is 0. The zero-order valence-corrected chi connectivity index (χ0v) is 21.8. The molecule has 0 aliphatic heterocycles. The van der Waals surface area contributed by atoms with Crippen molar-refractivity contribution in [2.45, 2.75) is 106 Å². The molecule has 0 amide bonds. The minimum absolute atomic E-state index is 0.158. The van der Waals surface area contributed by atoms with Gasteiger partial charge in [0.2, 0.25) is 0 Å². The lowest BCUT2D eigenvalue weighted by Crippen LogP contribution is -2.68. The number of rotatable bonds is 1. The van der Waals surface area contributed by atoms with Crippen LogP contribution in [0.1, 0.15) is 106 Å². The molecule has 178 valence electrons. The van der Waals surface area contributed by atoms with Gasteiger partial charge in [-0.15, -0.1) is 0 Å². The van der Waals surface area contributed by atoms with Gasteiger partial charge in [0.25, 0.3) is 0 Å². The molecule has 5 fully saturated rings. The van der Waals surface area contributed by atoms with Gasteiger partial charge in [0, 0.05) is 10.8 Å². The third kappa shape index (κ3) is 2.48. The predicted octanol–water partition coefficient (Wildman–Crippen LogP) is 7.41. The Bertz CT molecular complexity index is 883. The van der Waals surface area contributed by atoms with Crippen molar-refractivity contribution in [3.8, 4) is 0 Å². The van der Waals surface area contributed by atoms with E-state index in [-0.39, 0.29) is 45.6 Å². The summed E-state index contributed by atoms with van der Waals surface area (Å²) in [6.07, 6.45) is 10.1. The maximum Gasteiger partial charge on any atom is 0.146 e. The Morgan fingerprint density at radius 3 is 2.12 bits per heavy atom. The molecule has 5 rings (SSSR count). The average Bonchev–Trinajstić information content (AvgIpc) is 3.05. The predicted molar refractivity (Wildman–Crippen MR) is 130 cm³/mol. The van der Waals surface area contributed by atoms with Gasteiger partial charge in [0.15, 0.2) is 0 Å². The van der Waals surface area contributed by atoms with Crippen LogP contribution in [0.4, 0.5) is 0 Å². The Hall–Kier alpha value is -0.920. The number of carbonyl (C=O) groups excluding carboxylic acids is 2. The highest BCUT2D eigenvalue weighted by Gasteiger charge is 2.72. The highest BCUT2D eigenvalue weighted by molar-refractivity contribution is 6.07. The fourth-order valence-corrected chi connectivity index (χ4v) is 11.0. The van der Waals surface area contributed by atoms with Crippen molar-refractivity contribution in [2.24, 2.45) is 56.7 Å². The van der Waals surface area contributed by atoms with Crippen molar-refractivity contribution in [2.75, 3.05) is 0 Å². The van der Waals surface area contributed by atoms with Crippen LogP contribution in [0, 0.1) is 56.7 Å². The topological polar surface area (TPSA) is 34.1 Å². The molecule has 5 aliphatic rings. The Labute approximate surface area is 196 Å². The molecule has 32 heavy (non-hydrogen) atoms. The standard InChI is InChI=1S/C30H46O2/c1-18(2)19-11-13-27(5)15-16-28(6)20(25(19)27)9-10-22-29(28,7)14-12-21-26(3,4)23(31)17-24(32)30(21,22)8/h19-22,25H,1,9-17H2,2-8H3/t19-,20+,21-,22-,25+,27+,28+,29+,30-/m0/s1. The fourth-order valence-electron chi connectivity index (χ4n) is 11.0. The van der Waals surface area contributed by atoms with E-state index in [4.69, 9.17) is 0 Å². The summed E-state index contributed by atoms with van der Waals surface area (Å²) in [5.74, 6) is 3.20. The average molecular weight is 439 g/mol. The number of hydrogen-bond acceptors (Lipinski definition) is 2. The number of ketones is 2. The van der Waals surface area contributed by atoms with Gasteiger partial charge in [-0.3, -0.25) is 9.59 Å². The molecule has 0 radical (unpaired) electrons. The Kier molecular flexibility index (Phi) is 4.71. The van der Waals surface area contributed by atoms with E-state index in [1.165, 1.54) is 44.1 Å². The van der Waals surface area contributed by atoms with Gasteiger partial charge in [-0.1, -0.05) is 53.7 Å². The van der Waals surface area contributed by atoms with E-state index in [0.717, 1.165) is 24.7 Å². The molecule has 0 aromatic rings. The number of hydrogen-bond donors (Lipinski definition) is 0. The van der Waals surface area contributed by atoms with Crippen LogP contribution in [0.3, 0.4) is 0 Å². The number of allylic oxidation sites excluding steroid dienone is 1. The molecule has 0 unspecified atom stereocenters. The SMILES string of the molecule is C=C(C)[C@@H]1CC[C@]2(C)CC[C@]3(C)[C@H](CC[C@@H]4[C@@]5(C)C(=O)CC(=O)C(C)(C)[C@@H]5CC[C@]43C)[C@@H]12. The van der Waals surface area contributed by atoms with E-state index in [9.17, 15) is 9.59 Å². The van der Waals surface area contributed by atoms with Gasteiger partial charge < -0.3 is 0 Å². The van der Waals surface area contributed by atoms with Crippen molar-refractivity contribution in [1.29, 1.82) is 0 Å². The molecule has 0 bridgehead atoms. The third-order valence-corrected chi connectivity index (χ3v) is 13.1. The van der Waals surface area contributed by atoms with E-state index < -0.39 is 0 Å². The largest absolute Gasteiger partial charge is 0.299 e. The highest BCUT2D eigenvalue weighted by atomic mass is 16.2. The molecule has 0 spiro atoms. The minimum Gasteiger partial charge on any atom is -0.299 e. The summed E-state index contributed by atoms with van der Waals surface area (Å²) in [5, 5.41) is 0. The lowest BCUT2D eigenvalue weighted by Gasteiger charge is -2.71. The first-order chi connectivity index (χ1) is 14.7. The first-order valence-corrected chi connectivity index (χ1v) is 13.5. The minimum atomic E-state index is -0.372. The number of Topliss-reactive ketones (excluding diaryl/α,β-unsaturated/α-hetero) is 2. The number of fused-ring (bicyclic) bond motifs is 7. The molecule has 2 nitrogen and oxygen atoms in total. The molecule has 0 saturated heterocycles. The van der Waals surface area contributed by atoms with Gasteiger partial charge >= 0.3 is 0 Å². The van der Waals surface area contributed by atoms with Crippen molar-refractivity contribution >= 4 is 11.6 Å². The van der Waals surface area contributed by atoms with Crippen LogP contribution in [-0.4, -0.2) is 11.6 Å². The Morgan fingerprint density at radius 2 is 1.47 bits per heavy atom. The summed E-state index contributed by atoms with van der Waals surface area (Å²) in [5.41, 5.74) is 1.60. The quantitative estimate of drug-likeness (QED) is 0.315. The summed E-state index contributed by atoms with van der Waals surface area (Å²) in [7, 11) is 0. The molecular formula is C30H46O2. The van der Waals surface area contributed by atoms with Crippen molar-refractivity contribution < 1.29 is 9.59 Å². The molecule has 5 saturated carbocycles. The highest BCUT2D eigenvalue weighted by Crippen LogP contribution is 2.76. The third-order valence-electron chi connectivity index (χ3n) is 13.1. The summed E-state index contributed by atoms with van der Waals surface area (Å²) in [6.45, 7) is 21.0. The lowest BCUT2D eigenvalue weighted by atomic mass is 9.32. The Balaban J connectivity index is 1.58. The first kappa shape index (κ1) is 22.9. The van der Waals surface area contributed by atoms with Crippen LogP contribution in [0.5, 0.6) is 0 Å². The van der Waals surface area contributed by atoms with Crippen LogP contribution in [-0.2, 0) is 9.59 Å². The van der Waals surface area contributed by atoms with Gasteiger partial charge in [-0.2, -0.15) is 0 Å². The zero-order chi connectivity index (χ0) is 23.5. The first-order valence-electron chi connectivity index (χ1n) is 13.5. The Morgan fingerprint density at radius 1 is 0.781 bits per heavy atom. The van der Waals surface area contributed by atoms with Crippen LogP contribution in [0.25, 0.3) is 0 Å². The molecule has 0 aromatic heterocycles. The second-order valence-corrected chi connectivity index (χ2v) is 14.4. The van der Waals surface area contributed by atoms with Gasteiger partial charge in [-0.05, 0) is 104 Å². The fraction of sp³-hybridized carbons (Fsp3) is 0.867. The summed E-state index contributed by atoms with van der Waals surface area (Å²) < 4.78 is 0. The molecule has 5 aliphatic carbocycles. The van der Waals surface area contributed by atoms with Gasteiger partial charge in [0.1, 0.15) is 11.6 Å². The summed E-state index contributed by atoms with van der Waals surface area (Å²) in [4.78, 5) is 26.5. The normalized spacial score (nSPS) is 54.3. The smallest absolute Gasteiger partial charge is 0.146 e. The van der Waals surface area contributed by atoms with Gasteiger partial charge in [-0.25, -0.2) is 0 Å². The van der Waals surface area contributed by atoms with Gasteiger partial charge in [0.05, 0.1) is 6.42 Å². The lowest BCUT2D eigenvalue weighted by molar-refractivity contribution is -0.227. The molecule has 9 atom stereocenters. The molecule has 2 heteroatoms. The van der Waals surface area contributed by atoms with Crippen LogP contribution in [0.15, 0.2) is 12.2 Å². The van der Waals surface area contributed by atoms with Crippen molar-refractivity contribution in [3.63, 3.8) is 0 Å². The van der Waals surface area contributed by atoms with E-state index >= 15 is 0 Å².